The molecule has 0 amide bonds. The van der Waals surface area contributed by atoms with Gasteiger partial charge in [-0.3, -0.25) is 4.79 Å². The third kappa shape index (κ3) is 3.52. The zero-order valence-corrected chi connectivity index (χ0v) is 13.3. The summed E-state index contributed by atoms with van der Waals surface area (Å²) in [5, 5.41) is 0. The minimum Gasteiger partial charge on any atom is -0.460 e. The monoisotopic (exact) mass is 313 g/mol. The minimum absolute atomic E-state index is 0.105. The van der Waals surface area contributed by atoms with Gasteiger partial charge in [-0.15, -0.1) is 0 Å². The van der Waals surface area contributed by atoms with E-state index in [4.69, 9.17) is 4.74 Å². The molecule has 0 unspecified atom stereocenters. The highest BCUT2D eigenvalue weighted by molar-refractivity contribution is 5.77. The van der Waals surface area contributed by atoms with Gasteiger partial charge in [0, 0.05) is 25.3 Å². The average Bonchev–Trinajstić information content (AvgIpc) is 3.34. The van der Waals surface area contributed by atoms with E-state index in [1.54, 1.807) is 12.1 Å². The summed E-state index contributed by atoms with van der Waals surface area (Å²) in [7, 11) is 3.93. The Hall–Kier alpha value is -2.36. The van der Waals surface area contributed by atoms with Gasteiger partial charge in [0.2, 0.25) is 0 Å². The largest absolute Gasteiger partial charge is 0.460 e. The maximum absolute atomic E-state index is 12.9. The van der Waals surface area contributed by atoms with E-state index in [9.17, 15) is 9.18 Å². The number of anilines is 1. The fourth-order valence-corrected chi connectivity index (χ4v) is 2.86. The summed E-state index contributed by atoms with van der Waals surface area (Å²) in [6, 6.07) is 14.2. The molecule has 3 nitrogen and oxygen atoms in total. The van der Waals surface area contributed by atoms with Crippen molar-refractivity contribution >= 4 is 11.7 Å². The van der Waals surface area contributed by atoms with Crippen LogP contribution in [0.15, 0.2) is 48.5 Å². The topological polar surface area (TPSA) is 29.5 Å². The number of hydrogen-bond acceptors (Lipinski definition) is 3. The number of carbonyl (C=O) groups excluding carboxylic acids is 1. The number of ether oxygens (including phenoxy) is 1. The number of para-hydroxylation sites is 1. The predicted octanol–water partition coefficient (Wildman–Crippen LogP) is 3.74. The molecule has 2 aromatic carbocycles. The lowest BCUT2D eigenvalue weighted by atomic mass is 10.1. The first-order valence-electron chi connectivity index (χ1n) is 7.73. The first-order chi connectivity index (χ1) is 11.1. The second-order valence-electron chi connectivity index (χ2n) is 6.13. The van der Waals surface area contributed by atoms with Gasteiger partial charge in [-0.1, -0.05) is 30.3 Å². The van der Waals surface area contributed by atoms with Crippen molar-refractivity contribution in [1.29, 1.82) is 0 Å². The smallest absolute Gasteiger partial charge is 0.309 e. The maximum Gasteiger partial charge on any atom is 0.309 e. The molecule has 0 aromatic heterocycles. The van der Waals surface area contributed by atoms with Gasteiger partial charge in [0.25, 0.3) is 0 Å². The lowest BCUT2D eigenvalue weighted by molar-refractivity contribution is -0.146. The second-order valence-corrected chi connectivity index (χ2v) is 6.13. The fraction of sp³-hybridized carbons (Fsp3) is 0.316. The second kappa shape index (κ2) is 6.41. The van der Waals surface area contributed by atoms with Crippen LogP contribution in [0.25, 0.3) is 0 Å². The Labute approximate surface area is 135 Å². The van der Waals surface area contributed by atoms with Gasteiger partial charge in [-0.2, -0.15) is 0 Å². The molecule has 2 aromatic rings. The summed E-state index contributed by atoms with van der Waals surface area (Å²) < 4.78 is 18.4. The highest BCUT2D eigenvalue weighted by Gasteiger charge is 2.45. The van der Waals surface area contributed by atoms with Crippen LogP contribution in [0.2, 0.25) is 0 Å². The molecule has 1 aliphatic rings. The SMILES string of the molecule is CN(C)c1ccccc1COC(=O)[C@H]1C[C@@H]1c1ccc(F)cc1. The number of nitrogens with zero attached hydrogens (tertiary/aromatic N) is 1. The summed E-state index contributed by atoms with van der Waals surface area (Å²) in [6.07, 6.45) is 0.778. The summed E-state index contributed by atoms with van der Waals surface area (Å²) >= 11 is 0. The molecule has 120 valence electrons. The first-order valence-corrected chi connectivity index (χ1v) is 7.73. The maximum atomic E-state index is 12.9. The highest BCUT2D eigenvalue weighted by Crippen LogP contribution is 2.48. The molecule has 1 fully saturated rings. The molecule has 3 rings (SSSR count). The van der Waals surface area contributed by atoms with E-state index in [-0.39, 0.29) is 30.2 Å². The van der Waals surface area contributed by atoms with Crippen LogP contribution < -0.4 is 4.90 Å². The molecule has 0 spiro atoms. The normalized spacial score (nSPS) is 19.3. The Morgan fingerprint density at radius 1 is 1.17 bits per heavy atom. The molecule has 0 heterocycles. The third-order valence-corrected chi connectivity index (χ3v) is 4.23. The predicted molar refractivity (Wildman–Crippen MR) is 87.8 cm³/mol. The molecule has 0 aliphatic heterocycles. The summed E-state index contributed by atoms with van der Waals surface area (Å²) in [5.74, 6) is -0.374. The molecule has 0 saturated heterocycles. The Bertz CT molecular complexity index is 697. The van der Waals surface area contributed by atoms with Crippen LogP contribution in [0.4, 0.5) is 10.1 Å². The molecule has 0 radical (unpaired) electrons. The molecule has 0 N–H and O–H groups in total. The van der Waals surface area contributed by atoms with Crippen LogP contribution >= 0.6 is 0 Å². The number of benzene rings is 2. The third-order valence-electron chi connectivity index (χ3n) is 4.23. The lowest BCUT2D eigenvalue weighted by Gasteiger charge is -2.17. The minimum atomic E-state index is -0.256. The highest BCUT2D eigenvalue weighted by atomic mass is 19.1. The zero-order valence-electron chi connectivity index (χ0n) is 13.3. The van der Waals surface area contributed by atoms with Crippen molar-refractivity contribution in [3.05, 3.63) is 65.5 Å². The van der Waals surface area contributed by atoms with Crippen molar-refractivity contribution in [1.82, 2.24) is 0 Å². The van der Waals surface area contributed by atoms with Crippen molar-refractivity contribution in [2.45, 2.75) is 18.9 Å². The van der Waals surface area contributed by atoms with Gasteiger partial charge >= 0.3 is 5.97 Å². The van der Waals surface area contributed by atoms with Gasteiger partial charge in [0.15, 0.2) is 0 Å². The quantitative estimate of drug-likeness (QED) is 0.788. The number of hydrogen-bond donors (Lipinski definition) is 0. The van der Waals surface area contributed by atoms with Crippen molar-refractivity contribution in [2.24, 2.45) is 5.92 Å². The molecular formula is C19H20FNO2. The van der Waals surface area contributed by atoms with Crippen molar-refractivity contribution < 1.29 is 13.9 Å². The van der Waals surface area contributed by atoms with E-state index in [1.807, 2.05) is 43.3 Å². The van der Waals surface area contributed by atoms with Crippen LogP contribution in [0.1, 0.15) is 23.5 Å². The molecule has 1 aliphatic carbocycles. The van der Waals surface area contributed by atoms with Crippen LogP contribution in [0.5, 0.6) is 0 Å². The summed E-state index contributed by atoms with van der Waals surface area (Å²) in [6.45, 7) is 0.278. The number of carbonyl (C=O) groups is 1. The molecular weight excluding hydrogens is 293 g/mol. The molecule has 1 saturated carbocycles. The van der Waals surface area contributed by atoms with E-state index >= 15 is 0 Å². The fourth-order valence-electron chi connectivity index (χ4n) is 2.86. The standard InChI is InChI=1S/C19H20FNO2/c1-21(2)18-6-4-3-5-14(18)12-23-19(22)17-11-16(17)13-7-9-15(20)10-8-13/h3-10,16-17H,11-12H2,1-2H3/t16-,17+/m1/s1. The molecule has 23 heavy (non-hydrogen) atoms. The summed E-state index contributed by atoms with van der Waals surface area (Å²) in [4.78, 5) is 14.2. The van der Waals surface area contributed by atoms with Crippen LogP contribution in [0.3, 0.4) is 0 Å². The van der Waals surface area contributed by atoms with Crippen molar-refractivity contribution in [3.8, 4) is 0 Å². The Kier molecular flexibility index (Phi) is 4.33. The first kappa shape index (κ1) is 15.5. The Balaban J connectivity index is 1.58. The molecule has 0 bridgehead atoms. The van der Waals surface area contributed by atoms with E-state index in [1.165, 1.54) is 12.1 Å². The van der Waals surface area contributed by atoms with Crippen LogP contribution in [-0.2, 0) is 16.1 Å². The zero-order chi connectivity index (χ0) is 16.4. The van der Waals surface area contributed by atoms with Gasteiger partial charge in [-0.05, 0) is 36.1 Å². The van der Waals surface area contributed by atoms with Crippen molar-refractivity contribution in [2.75, 3.05) is 19.0 Å². The molecule has 4 heteroatoms. The van der Waals surface area contributed by atoms with Gasteiger partial charge in [-0.25, -0.2) is 4.39 Å². The van der Waals surface area contributed by atoms with E-state index in [2.05, 4.69) is 0 Å². The van der Waals surface area contributed by atoms with Crippen molar-refractivity contribution in [3.63, 3.8) is 0 Å². The number of rotatable bonds is 5. The Morgan fingerprint density at radius 2 is 1.87 bits per heavy atom. The lowest BCUT2D eigenvalue weighted by Crippen LogP contribution is -2.13. The van der Waals surface area contributed by atoms with E-state index in [0.717, 1.165) is 23.2 Å². The van der Waals surface area contributed by atoms with Crippen LogP contribution in [-0.4, -0.2) is 20.1 Å². The number of esters is 1. The van der Waals surface area contributed by atoms with Crippen LogP contribution in [0, 0.1) is 11.7 Å². The average molecular weight is 313 g/mol. The van der Waals surface area contributed by atoms with E-state index < -0.39 is 0 Å². The van der Waals surface area contributed by atoms with Gasteiger partial charge < -0.3 is 9.64 Å². The Morgan fingerprint density at radius 3 is 2.57 bits per heavy atom. The molecule has 2 atom stereocenters. The van der Waals surface area contributed by atoms with Gasteiger partial charge in [0.05, 0.1) is 5.92 Å². The van der Waals surface area contributed by atoms with E-state index in [0.29, 0.717) is 0 Å². The number of halogens is 1. The van der Waals surface area contributed by atoms with Gasteiger partial charge in [0.1, 0.15) is 12.4 Å². The summed E-state index contributed by atoms with van der Waals surface area (Å²) in [5.41, 5.74) is 3.04.